The van der Waals surface area contributed by atoms with Crippen molar-refractivity contribution in [1.82, 2.24) is 9.80 Å². The number of hydrogen-bond acceptors (Lipinski definition) is 3. The molecular weight excluding hydrogens is 257 g/mol. The molecule has 20 heavy (non-hydrogen) atoms. The Bertz CT molecular complexity index is 512. The van der Waals surface area contributed by atoms with E-state index in [1.54, 1.807) is 11.9 Å². The van der Waals surface area contributed by atoms with Gasteiger partial charge in [0.2, 0.25) is 0 Å². The maximum Gasteiger partial charge on any atom is 0.253 e. The fourth-order valence-electron chi connectivity index (χ4n) is 2.74. The average molecular weight is 279 g/mol. The van der Waals surface area contributed by atoms with E-state index in [1.165, 1.54) is 24.6 Å². The molecule has 1 aliphatic carbocycles. The van der Waals surface area contributed by atoms with Crippen molar-refractivity contribution in [2.45, 2.75) is 24.8 Å². The van der Waals surface area contributed by atoms with Crippen molar-refractivity contribution in [3.63, 3.8) is 0 Å². The number of nitrogens with two attached hydrogens (primary N) is 1. The summed E-state index contributed by atoms with van der Waals surface area (Å²) >= 11 is 0. The minimum Gasteiger partial charge on any atom is -0.396 e. The summed E-state index contributed by atoms with van der Waals surface area (Å²) in [5.41, 5.74) is 6.04. The Morgan fingerprint density at radius 3 is 2.45 bits per heavy atom. The molecule has 0 unspecified atom stereocenters. The van der Waals surface area contributed by atoms with E-state index in [0.717, 1.165) is 12.8 Å². The lowest BCUT2D eigenvalue weighted by atomic mass is 9.75. The van der Waals surface area contributed by atoms with E-state index in [4.69, 9.17) is 5.73 Å². The standard InChI is InChI=1S/C15H22FN3O/c1-18(2)15(7-4-8-15)10-19(3)14(20)11-5-6-12(16)13(17)9-11/h5-6,9H,4,7-8,10,17H2,1-3H3. The van der Waals surface area contributed by atoms with Gasteiger partial charge in [0.25, 0.3) is 5.91 Å². The highest BCUT2D eigenvalue weighted by atomic mass is 19.1. The SMILES string of the molecule is CN(CC1(N(C)C)CCC1)C(=O)c1ccc(F)c(N)c1. The number of benzene rings is 1. The summed E-state index contributed by atoms with van der Waals surface area (Å²) in [4.78, 5) is 16.3. The monoisotopic (exact) mass is 279 g/mol. The molecule has 0 saturated heterocycles. The average Bonchev–Trinajstić information content (AvgIpc) is 2.35. The molecular formula is C15H22FN3O. The van der Waals surface area contributed by atoms with Crippen LogP contribution in [0.4, 0.5) is 10.1 Å². The third kappa shape index (κ3) is 2.63. The van der Waals surface area contributed by atoms with Gasteiger partial charge < -0.3 is 15.5 Å². The fourth-order valence-corrected chi connectivity index (χ4v) is 2.74. The molecule has 1 aromatic carbocycles. The predicted octanol–water partition coefficient (Wildman–Crippen LogP) is 1.96. The molecule has 4 nitrogen and oxygen atoms in total. The summed E-state index contributed by atoms with van der Waals surface area (Å²) in [5, 5.41) is 0. The molecule has 0 aromatic heterocycles. The van der Waals surface area contributed by atoms with Crippen molar-refractivity contribution < 1.29 is 9.18 Å². The van der Waals surface area contributed by atoms with E-state index in [1.807, 2.05) is 14.1 Å². The molecule has 0 bridgehead atoms. The number of likely N-dealkylation sites (N-methyl/N-ethyl adjacent to an activating group) is 2. The number of rotatable bonds is 4. The summed E-state index contributed by atoms with van der Waals surface area (Å²) in [7, 11) is 5.88. The van der Waals surface area contributed by atoms with Gasteiger partial charge in [0, 0.05) is 24.7 Å². The normalized spacial score (nSPS) is 16.9. The maximum atomic E-state index is 13.1. The van der Waals surface area contributed by atoms with E-state index in [-0.39, 0.29) is 17.1 Å². The summed E-state index contributed by atoms with van der Waals surface area (Å²) in [5.74, 6) is -0.613. The zero-order chi connectivity index (χ0) is 14.9. The number of carbonyl (C=O) groups is 1. The first-order valence-electron chi connectivity index (χ1n) is 6.84. The van der Waals surface area contributed by atoms with Gasteiger partial charge in [0.05, 0.1) is 5.69 Å². The predicted molar refractivity (Wildman–Crippen MR) is 78.0 cm³/mol. The second kappa shape index (κ2) is 5.40. The van der Waals surface area contributed by atoms with Crippen molar-refractivity contribution in [3.8, 4) is 0 Å². The van der Waals surface area contributed by atoms with Gasteiger partial charge in [-0.1, -0.05) is 0 Å². The highest BCUT2D eigenvalue weighted by molar-refractivity contribution is 5.95. The first-order chi connectivity index (χ1) is 9.35. The molecule has 1 aliphatic rings. The van der Waals surface area contributed by atoms with Crippen LogP contribution in [0.25, 0.3) is 0 Å². The lowest BCUT2D eigenvalue weighted by Gasteiger charge is -2.49. The summed E-state index contributed by atoms with van der Waals surface area (Å²) < 4.78 is 13.1. The Morgan fingerprint density at radius 2 is 2.00 bits per heavy atom. The van der Waals surface area contributed by atoms with Crippen LogP contribution in [-0.2, 0) is 0 Å². The molecule has 5 heteroatoms. The van der Waals surface area contributed by atoms with Gasteiger partial charge in [-0.25, -0.2) is 4.39 Å². The van der Waals surface area contributed by atoms with Gasteiger partial charge in [-0.3, -0.25) is 4.79 Å². The third-order valence-electron chi connectivity index (χ3n) is 4.35. The first-order valence-corrected chi connectivity index (χ1v) is 6.84. The highest BCUT2D eigenvalue weighted by Crippen LogP contribution is 2.36. The van der Waals surface area contributed by atoms with Crippen molar-refractivity contribution in [1.29, 1.82) is 0 Å². The highest BCUT2D eigenvalue weighted by Gasteiger charge is 2.40. The minimum atomic E-state index is -0.493. The topological polar surface area (TPSA) is 49.6 Å². The lowest BCUT2D eigenvalue weighted by molar-refractivity contribution is 0.0252. The Kier molecular flexibility index (Phi) is 3.99. The zero-order valence-corrected chi connectivity index (χ0v) is 12.3. The zero-order valence-electron chi connectivity index (χ0n) is 12.3. The van der Waals surface area contributed by atoms with Crippen molar-refractivity contribution in [2.24, 2.45) is 0 Å². The number of anilines is 1. The van der Waals surface area contributed by atoms with Crippen LogP contribution in [0, 0.1) is 5.82 Å². The lowest BCUT2D eigenvalue weighted by Crippen LogP contribution is -2.57. The van der Waals surface area contributed by atoms with Crippen LogP contribution < -0.4 is 5.73 Å². The van der Waals surface area contributed by atoms with Crippen molar-refractivity contribution >= 4 is 11.6 Å². The van der Waals surface area contributed by atoms with Crippen LogP contribution in [0.15, 0.2) is 18.2 Å². The Balaban J connectivity index is 2.10. The molecule has 1 saturated carbocycles. The number of nitrogen functional groups attached to an aromatic ring is 1. The molecule has 1 amide bonds. The number of nitrogens with zero attached hydrogens (tertiary/aromatic N) is 2. The number of amides is 1. The van der Waals surface area contributed by atoms with E-state index in [2.05, 4.69) is 4.90 Å². The molecule has 0 spiro atoms. The van der Waals surface area contributed by atoms with Gasteiger partial charge in [-0.15, -0.1) is 0 Å². The van der Waals surface area contributed by atoms with Gasteiger partial charge >= 0.3 is 0 Å². The third-order valence-corrected chi connectivity index (χ3v) is 4.35. The summed E-state index contributed by atoms with van der Waals surface area (Å²) in [6, 6.07) is 4.12. The number of hydrogen-bond donors (Lipinski definition) is 1. The van der Waals surface area contributed by atoms with Gasteiger partial charge in [0.1, 0.15) is 5.82 Å². The number of carbonyl (C=O) groups excluding carboxylic acids is 1. The quantitative estimate of drug-likeness (QED) is 0.857. The van der Waals surface area contributed by atoms with Crippen LogP contribution in [0.3, 0.4) is 0 Å². The summed E-state index contributed by atoms with van der Waals surface area (Å²) in [6.45, 7) is 0.677. The number of halogens is 1. The van der Waals surface area contributed by atoms with E-state index < -0.39 is 5.82 Å². The van der Waals surface area contributed by atoms with E-state index >= 15 is 0 Å². The molecule has 0 atom stereocenters. The van der Waals surface area contributed by atoms with Crippen molar-refractivity contribution in [2.75, 3.05) is 33.4 Å². The molecule has 0 radical (unpaired) electrons. The minimum absolute atomic E-state index is 0.00946. The van der Waals surface area contributed by atoms with Crippen LogP contribution in [-0.4, -0.2) is 48.9 Å². The molecule has 110 valence electrons. The molecule has 2 rings (SSSR count). The molecule has 0 aliphatic heterocycles. The van der Waals surface area contributed by atoms with Crippen LogP contribution in [0.1, 0.15) is 29.6 Å². The largest absolute Gasteiger partial charge is 0.396 e. The summed E-state index contributed by atoms with van der Waals surface area (Å²) in [6.07, 6.45) is 3.40. The van der Waals surface area contributed by atoms with Gasteiger partial charge in [0.15, 0.2) is 0 Å². The van der Waals surface area contributed by atoms with Crippen molar-refractivity contribution in [3.05, 3.63) is 29.6 Å². The Hall–Kier alpha value is -1.62. The van der Waals surface area contributed by atoms with Gasteiger partial charge in [-0.2, -0.15) is 0 Å². The molecule has 0 heterocycles. The smallest absolute Gasteiger partial charge is 0.253 e. The molecule has 2 N–H and O–H groups in total. The fraction of sp³-hybridized carbons (Fsp3) is 0.533. The van der Waals surface area contributed by atoms with Gasteiger partial charge in [-0.05, 0) is 51.6 Å². The molecule has 1 aromatic rings. The van der Waals surface area contributed by atoms with Crippen LogP contribution >= 0.6 is 0 Å². The second-order valence-electron chi connectivity index (χ2n) is 5.87. The van der Waals surface area contributed by atoms with E-state index in [9.17, 15) is 9.18 Å². The Labute approximate surface area is 119 Å². The van der Waals surface area contributed by atoms with Crippen LogP contribution in [0.2, 0.25) is 0 Å². The first kappa shape index (κ1) is 14.8. The van der Waals surface area contributed by atoms with Crippen LogP contribution in [0.5, 0.6) is 0 Å². The second-order valence-corrected chi connectivity index (χ2v) is 5.87. The van der Waals surface area contributed by atoms with E-state index in [0.29, 0.717) is 12.1 Å². The molecule has 1 fully saturated rings. The Morgan fingerprint density at radius 1 is 1.35 bits per heavy atom. The maximum absolute atomic E-state index is 13.1.